The molecule has 7 heteroatoms. The predicted octanol–water partition coefficient (Wildman–Crippen LogP) is 4.51. The number of carbonyl (C=O) groups excluding carboxylic acids is 1. The van der Waals surface area contributed by atoms with E-state index in [4.69, 9.17) is 11.2 Å². The Kier molecular flexibility index (Phi) is 5.81. The number of terminal acetylenes is 1. The lowest BCUT2D eigenvalue weighted by molar-refractivity contribution is 0.0266. The number of hydrogen-bond donors (Lipinski definition) is 0. The van der Waals surface area contributed by atoms with E-state index in [-0.39, 0.29) is 5.92 Å². The van der Waals surface area contributed by atoms with Gasteiger partial charge >= 0.3 is 5.97 Å². The Morgan fingerprint density at radius 3 is 1.83 bits per heavy atom. The van der Waals surface area contributed by atoms with Crippen LogP contribution in [0.1, 0.15) is 48.9 Å². The molecule has 1 saturated carbocycles. The van der Waals surface area contributed by atoms with Crippen molar-refractivity contribution in [3.8, 4) is 12.3 Å². The fourth-order valence-corrected chi connectivity index (χ4v) is 2.84. The van der Waals surface area contributed by atoms with Crippen molar-refractivity contribution in [2.24, 2.45) is 5.92 Å². The monoisotopic (exact) mass is 346 g/mol. The first-order valence-electron chi connectivity index (χ1n) is 7.57. The number of carbonyl (C=O) groups is 1. The summed E-state index contributed by atoms with van der Waals surface area (Å²) in [6, 6.07) is 0. The minimum Gasteiger partial charge on any atom is -0.445 e. The zero-order valence-corrected chi connectivity index (χ0v) is 12.7. The average molecular weight is 346 g/mol. The molecule has 0 aromatic heterocycles. The molecule has 0 spiro atoms. The van der Waals surface area contributed by atoms with Crippen LogP contribution in [0.2, 0.25) is 0 Å². The predicted molar refractivity (Wildman–Crippen MR) is 75.5 cm³/mol. The van der Waals surface area contributed by atoms with Crippen LogP contribution in [0.15, 0.2) is 0 Å². The van der Waals surface area contributed by atoms with E-state index < -0.39 is 46.7 Å². The summed E-state index contributed by atoms with van der Waals surface area (Å²) >= 11 is 0. The van der Waals surface area contributed by atoms with Crippen LogP contribution in [-0.4, -0.2) is 12.1 Å². The topological polar surface area (TPSA) is 26.3 Å². The van der Waals surface area contributed by atoms with Gasteiger partial charge in [-0.05, 0) is 12.8 Å². The number of rotatable bonds is 3. The quantitative estimate of drug-likeness (QED) is 0.201. The number of halogens is 5. The first-order chi connectivity index (χ1) is 11.4. The smallest absolute Gasteiger partial charge is 0.345 e. The third kappa shape index (κ3) is 3.53. The van der Waals surface area contributed by atoms with Gasteiger partial charge in [0, 0.05) is 5.92 Å². The van der Waals surface area contributed by atoms with Crippen LogP contribution in [0.3, 0.4) is 0 Å². The van der Waals surface area contributed by atoms with E-state index in [2.05, 4.69) is 5.92 Å². The molecule has 130 valence electrons. The first-order valence-corrected chi connectivity index (χ1v) is 7.57. The second kappa shape index (κ2) is 7.65. The largest absolute Gasteiger partial charge is 0.445 e. The Balaban J connectivity index is 2.27. The van der Waals surface area contributed by atoms with Gasteiger partial charge in [0.1, 0.15) is 5.56 Å². The molecule has 0 radical (unpaired) electrons. The summed E-state index contributed by atoms with van der Waals surface area (Å²) in [7, 11) is 0. The fraction of sp³-hybridized carbons (Fsp3) is 0.471. The van der Waals surface area contributed by atoms with E-state index >= 15 is 0 Å². The molecule has 0 amide bonds. The molecule has 1 aliphatic carbocycles. The third-order valence-electron chi connectivity index (χ3n) is 4.14. The molecule has 0 N–H and O–H groups in total. The molecule has 0 bridgehead atoms. The summed E-state index contributed by atoms with van der Waals surface area (Å²) < 4.78 is 71.5. The van der Waals surface area contributed by atoms with E-state index in [1.165, 1.54) is 0 Å². The molecule has 24 heavy (non-hydrogen) atoms. The zero-order valence-electron chi connectivity index (χ0n) is 12.7. The molecule has 1 unspecified atom stereocenters. The van der Waals surface area contributed by atoms with Gasteiger partial charge in [0.2, 0.25) is 5.82 Å². The van der Waals surface area contributed by atoms with E-state index in [0.29, 0.717) is 12.8 Å². The van der Waals surface area contributed by atoms with Crippen molar-refractivity contribution < 1.29 is 31.5 Å². The minimum atomic E-state index is -2.33. The molecular weight excluding hydrogens is 331 g/mol. The lowest BCUT2D eigenvalue weighted by atomic mass is 9.94. The van der Waals surface area contributed by atoms with Gasteiger partial charge in [-0.15, -0.1) is 6.42 Å². The van der Waals surface area contributed by atoms with Crippen LogP contribution in [0.5, 0.6) is 0 Å². The third-order valence-corrected chi connectivity index (χ3v) is 4.14. The number of ether oxygens (including phenoxy) is 1. The molecule has 1 aliphatic rings. The summed E-state index contributed by atoms with van der Waals surface area (Å²) in [5.41, 5.74) is -1.62. The molecule has 1 atom stereocenters. The highest BCUT2D eigenvalue weighted by molar-refractivity contribution is 5.90. The number of hydrogen-bond acceptors (Lipinski definition) is 2. The van der Waals surface area contributed by atoms with Gasteiger partial charge in [-0.25, -0.2) is 26.7 Å². The van der Waals surface area contributed by atoms with Gasteiger partial charge < -0.3 is 4.74 Å². The van der Waals surface area contributed by atoms with Crippen LogP contribution >= 0.6 is 0 Å². The maximum absolute atomic E-state index is 13.6. The Morgan fingerprint density at radius 1 is 0.917 bits per heavy atom. The molecule has 0 saturated heterocycles. The van der Waals surface area contributed by atoms with Gasteiger partial charge in [0.05, 0.1) is 0 Å². The molecule has 1 aromatic carbocycles. The maximum Gasteiger partial charge on any atom is 0.345 e. The van der Waals surface area contributed by atoms with Crippen LogP contribution in [0.4, 0.5) is 22.0 Å². The van der Waals surface area contributed by atoms with Crippen molar-refractivity contribution in [3.05, 3.63) is 34.6 Å². The molecule has 1 aromatic rings. The van der Waals surface area contributed by atoms with Crippen molar-refractivity contribution in [1.82, 2.24) is 0 Å². The van der Waals surface area contributed by atoms with Crippen molar-refractivity contribution in [2.75, 3.05) is 0 Å². The SMILES string of the molecule is C#CC(OC(=O)c1c(F)c(F)c(F)c(F)c1F)C1CCCCCC1. The van der Waals surface area contributed by atoms with Crippen molar-refractivity contribution in [1.29, 1.82) is 0 Å². The van der Waals surface area contributed by atoms with Gasteiger partial charge in [0.15, 0.2) is 29.4 Å². The highest BCUT2D eigenvalue weighted by Crippen LogP contribution is 2.29. The summed E-state index contributed by atoms with van der Waals surface area (Å²) in [6.07, 6.45) is 9.30. The van der Waals surface area contributed by atoms with Crippen molar-refractivity contribution in [2.45, 2.75) is 44.6 Å². The van der Waals surface area contributed by atoms with E-state index in [1.54, 1.807) is 0 Å². The molecule has 2 nitrogen and oxygen atoms in total. The van der Waals surface area contributed by atoms with Gasteiger partial charge in [-0.2, -0.15) is 0 Å². The highest BCUT2D eigenvalue weighted by atomic mass is 19.2. The lowest BCUT2D eigenvalue weighted by Gasteiger charge is -2.22. The summed E-state index contributed by atoms with van der Waals surface area (Å²) in [6.45, 7) is 0. The summed E-state index contributed by atoms with van der Waals surface area (Å²) in [5, 5.41) is 0. The average Bonchev–Trinajstić information content (AvgIpc) is 2.85. The van der Waals surface area contributed by atoms with Gasteiger partial charge in [-0.3, -0.25) is 0 Å². The standard InChI is InChI=1S/C17H15F5O2/c1-2-10(9-7-5-3-4-6-8-9)24-17(23)11-12(18)14(20)16(22)15(21)13(11)19/h1,9-10H,3-8H2. The van der Waals surface area contributed by atoms with Crippen LogP contribution in [-0.2, 0) is 4.74 Å². The number of benzene rings is 1. The maximum atomic E-state index is 13.6. The molecular formula is C17H15F5O2. The van der Waals surface area contributed by atoms with Gasteiger partial charge in [-0.1, -0.05) is 31.6 Å². The normalized spacial score (nSPS) is 17.0. The number of esters is 1. The zero-order chi connectivity index (χ0) is 17.9. The first kappa shape index (κ1) is 18.2. The van der Waals surface area contributed by atoms with Crippen molar-refractivity contribution >= 4 is 5.97 Å². The second-order valence-corrected chi connectivity index (χ2v) is 5.69. The summed E-state index contributed by atoms with van der Waals surface area (Å²) in [5.74, 6) is -10.8. The van der Waals surface area contributed by atoms with Crippen LogP contribution < -0.4 is 0 Å². The minimum absolute atomic E-state index is 0.206. The van der Waals surface area contributed by atoms with E-state index in [0.717, 1.165) is 25.7 Å². The van der Waals surface area contributed by atoms with E-state index in [1.807, 2.05) is 0 Å². The second-order valence-electron chi connectivity index (χ2n) is 5.69. The molecule has 0 aliphatic heterocycles. The Labute approximate surface area is 136 Å². The Morgan fingerprint density at radius 2 is 1.38 bits per heavy atom. The van der Waals surface area contributed by atoms with Gasteiger partial charge in [0.25, 0.3) is 0 Å². The molecule has 1 fully saturated rings. The highest BCUT2D eigenvalue weighted by Gasteiger charge is 2.33. The van der Waals surface area contributed by atoms with E-state index in [9.17, 15) is 26.7 Å². The molecule has 2 rings (SSSR count). The molecule has 0 heterocycles. The Bertz CT molecular complexity index is 644. The summed E-state index contributed by atoms with van der Waals surface area (Å²) in [4.78, 5) is 11.9. The van der Waals surface area contributed by atoms with Crippen LogP contribution in [0, 0.1) is 47.3 Å². The lowest BCUT2D eigenvalue weighted by Crippen LogP contribution is -2.27. The fourth-order valence-electron chi connectivity index (χ4n) is 2.84. The van der Waals surface area contributed by atoms with Crippen LogP contribution in [0.25, 0.3) is 0 Å². The Hall–Kier alpha value is -2.10. The van der Waals surface area contributed by atoms with Crippen molar-refractivity contribution in [3.63, 3.8) is 0 Å².